The largest absolute Gasteiger partial charge is 0.496 e. The van der Waals surface area contributed by atoms with E-state index in [1.165, 1.54) is 0 Å². The lowest BCUT2D eigenvalue weighted by Gasteiger charge is -2.26. The van der Waals surface area contributed by atoms with Gasteiger partial charge in [0.1, 0.15) is 22.7 Å². The summed E-state index contributed by atoms with van der Waals surface area (Å²) in [6.07, 6.45) is 0. The first kappa shape index (κ1) is 20.8. The van der Waals surface area contributed by atoms with Gasteiger partial charge in [0.25, 0.3) is 5.91 Å². The van der Waals surface area contributed by atoms with Gasteiger partial charge in [0, 0.05) is 22.9 Å². The van der Waals surface area contributed by atoms with Crippen LogP contribution in [-0.2, 0) is 4.79 Å². The first-order valence-electron chi connectivity index (χ1n) is 10.2. The van der Waals surface area contributed by atoms with Gasteiger partial charge >= 0.3 is 0 Å². The Labute approximate surface area is 181 Å². The number of benzene rings is 3. The van der Waals surface area contributed by atoms with Crippen molar-refractivity contribution in [3.8, 4) is 11.5 Å². The smallest absolute Gasteiger partial charge is 0.258 e. The van der Waals surface area contributed by atoms with Gasteiger partial charge in [0.2, 0.25) is 0 Å². The lowest BCUT2D eigenvalue weighted by atomic mass is 10.0. The van der Waals surface area contributed by atoms with Crippen molar-refractivity contribution in [2.24, 2.45) is 0 Å². The van der Waals surface area contributed by atoms with Crippen LogP contribution in [0, 0.1) is 0 Å². The number of methoxy groups -OCH3 is 1. The minimum Gasteiger partial charge on any atom is -0.496 e. The summed E-state index contributed by atoms with van der Waals surface area (Å²) < 4.78 is 17.1. The summed E-state index contributed by atoms with van der Waals surface area (Å²) in [4.78, 5) is 14.5. The van der Waals surface area contributed by atoms with E-state index in [4.69, 9.17) is 13.9 Å². The predicted molar refractivity (Wildman–Crippen MR) is 122 cm³/mol. The van der Waals surface area contributed by atoms with Gasteiger partial charge in [0.05, 0.1) is 13.2 Å². The van der Waals surface area contributed by atoms with Gasteiger partial charge in [-0.05, 0) is 44.4 Å². The van der Waals surface area contributed by atoms with Crippen molar-refractivity contribution in [3.63, 3.8) is 0 Å². The van der Waals surface area contributed by atoms with Crippen LogP contribution in [0.4, 0.5) is 0 Å². The fourth-order valence-electron chi connectivity index (χ4n) is 3.72. The SMILES string of the molecule is COc1ccccc1C(CNC(=O)COc1ccc2oc3ccccc3c2c1)N(C)C. The van der Waals surface area contributed by atoms with Crippen molar-refractivity contribution >= 4 is 27.8 Å². The van der Waals surface area contributed by atoms with Gasteiger partial charge in [-0.3, -0.25) is 4.79 Å². The Morgan fingerprint density at radius 2 is 1.74 bits per heavy atom. The average Bonchev–Trinajstić information content (AvgIpc) is 3.16. The summed E-state index contributed by atoms with van der Waals surface area (Å²) in [5, 5.41) is 4.96. The number of amides is 1. The van der Waals surface area contributed by atoms with Crippen molar-refractivity contribution in [3.05, 3.63) is 72.3 Å². The van der Waals surface area contributed by atoms with Crippen LogP contribution in [-0.4, -0.2) is 45.2 Å². The van der Waals surface area contributed by atoms with Crippen LogP contribution in [0.5, 0.6) is 11.5 Å². The highest BCUT2D eigenvalue weighted by Gasteiger charge is 2.19. The number of nitrogens with one attached hydrogen (secondary N) is 1. The number of furan rings is 1. The van der Waals surface area contributed by atoms with E-state index in [0.717, 1.165) is 33.3 Å². The van der Waals surface area contributed by atoms with Crippen molar-refractivity contribution in [2.75, 3.05) is 34.4 Å². The zero-order valence-corrected chi connectivity index (χ0v) is 17.9. The van der Waals surface area contributed by atoms with Crippen LogP contribution in [0.2, 0.25) is 0 Å². The number of likely N-dealkylation sites (N-methyl/N-ethyl adjacent to an activating group) is 1. The molecule has 0 saturated heterocycles. The normalized spacial score (nSPS) is 12.3. The zero-order chi connectivity index (χ0) is 21.8. The molecule has 31 heavy (non-hydrogen) atoms. The topological polar surface area (TPSA) is 63.9 Å². The molecular weight excluding hydrogens is 392 g/mol. The molecule has 4 aromatic rings. The summed E-state index contributed by atoms with van der Waals surface area (Å²) in [6, 6.07) is 21.3. The lowest BCUT2D eigenvalue weighted by molar-refractivity contribution is -0.123. The van der Waals surface area contributed by atoms with Gasteiger partial charge in [-0.1, -0.05) is 36.4 Å². The molecule has 0 radical (unpaired) electrons. The summed E-state index contributed by atoms with van der Waals surface area (Å²) in [6.45, 7) is 0.383. The van der Waals surface area contributed by atoms with Crippen molar-refractivity contribution in [1.29, 1.82) is 0 Å². The van der Waals surface area contributed by atoms with E-state index in [2.05, 4.69) is 10.2 Å². The summed E-state index contributed by atoms with van der Waals surface area (Å²) >= 11 is 0. The fourth-order valence-corrected chi connectivity index (χ4v) is 3.72. The number of rotatable bonds is 8. The maximum Gasteiger partial charge on any atom is 0.258 e. The monoisotopic (exact) mass is 418 g/mol. The molecule has 1 amide bonds. The van der Waals surface area contributed by atoms with Gasteiger partial charge in [0.15, 0.2) is 6.61 Å². The second-order valence-electron chi connectivity index (χ2n) is 7.57. The third-order valence-electron chi connectivity index (χ3n) is 5.33. The average molecular weight is 418 g/mol. The van der Waals surface area contributed by atoms with Crippen molar-refractivity contribution in [1.82, 2.24) is 10.2 Å². The molecule has 160 valence electrons. The molecule has 1 atom stereocenters. The molecule has 0 saturated carbocycles. The summed E-state index contributed by atoms with van der Waals surface area (Å²) in [5.41, 5.74) is 2.65. The first-order chi connectivity index (χ1) is 15.1. The van der Waals surface area contributed by atoms with E-state index in [1.807, 2.05) is 80.8 Å². The third kappa shape index (κ3) is 4.49. The second-order valence-corrected chi connectivity index (χ2v) is 7.57. The van der Waals surface area contributed by atoms with E-state index >= 15 is 0 Å². The van der Waals surface area contributed by atoms with Gasteiger partial charge in [-0.25, -0.2) is 0 Å². The molecule has 4 rings (SSSR count). The fraction of sp³-hybridized carbons (Fsp3) is 0.240. The molecule has 1 aromatic heterocycles. The van der Waals surface area contributed by atoms with Gasteiger partial charge in [-0.2, -0.15) is 0 Å². The first-order valence-corrected chi connectivity index (χ1v) is 10.2. The van der Waals surface area contributed by atoms with Crippen LogP contribution in [0.25, 0.3) is 21.9 Å². The molecule has 0 aliphatic rings. The minimum absolute atomic E-state index is 0.0197. The van der Waals surface area contributed by atoms with Gasteiger partial charge in [-0.15, -0.1) is 0 Å². The Morgan fingerprint density at radius 1 is 1.00 bits per heavy atom. The number of hydrogen-bond acceptors (Lipinski definition) is 5. The number of carbonyl (C=O) groups is 1. The van der Waals surface area contributed by atoms with E-state index in [9.17, 15) is 4.79 Å². The number of nitrogens with zero attached hydrogens (tertiary/aromatic N) is 1. The van der Waals surface area contributed by atoms with Crippen LogP contribution < -0.4 is 14.8 Å². The van der Waals surface area contributed by atoms with Crippen LogP contribution in [0.1, 0.15) is 11.6 Å². The predicted octanol–water partition coefficient (Wildman–Crippen LogP) is 4.39. The van der Waals surface area contributed by atoms with Gasteiger partial charge < -0.3 is 24.1 Å². The Hall–Kier alpha value is -3.51. The maximum atomic E-state index is 12.5. The molecule has 1 unspecified atom stereocenters. The molecule has 6 heteroatoms. The molecule has 3 aromatic carbocycles. The minimum atomic E-state index is -0.182. The maximum absolute atomic E-state index is 12.5. The standard InChI is InChI=1S/C25H26N2O4/c1-27(2)21(19-9-5-6-10-22(19)29-3)15-26-25(28)16-30-17-12-13-24-20(14-17)18-8-4-7-11-23(18)31-24/h4-14,21H,15-16H2,1-3H3,(H,26,28). The Bertz CT molecular complexity index is 1200. The van der Waals surface area contributed by atoms with Crippen molar-refractivity contribution in [2.45, 2.75) is 6.04 Å². The summed E-state index contributed by atoms with van der Waals surface area (Å²) in [7, 11) is 5.60. The van der Waals surface area contributed by atoms with E-state index in [-0.39, 0.29) is 18.6 Å². The van der Waals surface area contributed by atoms with Crippen molar-refractivity contribution < 1.29 is 18.7 Å². The molecule has 0 aliphatic heterocycles. The highest BCUT2D eigenvalue weighted by molar-refractivity contribution is 6.05. The molecular formula is C25H26N2O4. The molecule has 0 spiro atoms. The van der Waals surface area contributed by atoms with Crippen LogP contribution in [0.3, 0.4) is 0 Å². The number of fused-ring (bicyclic) bond motifs is 3. The highest BCUT2D eigenvalue weighted by Crippen LogP contribution is 2.31. The Morgan fingerprint density at radius 3 is 2.55 bits per heavy atom. The molecule has 6 nitrogen and oxygen atoms in total. The quantitative estimate of drug-likeness (QED) is 0.460. The highest BCUT2D eigenvalue weighted by atomic mass is 16.5. The van der Waals surface area contributed by atoms with E-state index < -0.39 is 0 Å². The number of carbonyl (C=O) groups excluding carboxylic acids is 1. The number of hydrogen-bond donors (Lipinski definition) is 1. The Kier molecular flexibility index (Phi) is 6.09. The molecule has 0 bridgehead atoms. The lowest BCUT2D eigenvalue weighted by Crippen LogP contribution is -2.37. The van der Waals surface area contributed by atoms with Crippen LogP contribution in [0.15, 0.2) is 71.1 Å². The second kappa shape index (κ2) is 9.10. The molecule has 0 aliphatic carbocycles. The van der Waals surface area contributed by atoms with Crippen LogP contribution >= 0.6 is 0 Å². The number of para-hydroxylation sites is 2. The summed E-state index contributed by atoms with van der Waals surface area (Å²) in [5.74, 6) is 1.24. The number of ether oxygens (including phenoxy) is 2. The van der Waals surface area contributed by atoms with E-state index in [1.54, 1.807) is 7.11 Å². The van der Waals surface area contributed by atoms with E-state index in [0.29, 0.717) is 12.3 Å². The Balaban J connectivity index is 1.40. The third-order valence-corrected chi connectivity index (χ3v) is 5.33. The molecule has 0 fully saturated rings. The molecule has 1 N–H and O–H groups in total. The molecule has 1 heterocycles. The zero-order valence-electron chi connectivity index (χ0n) is 17.9.